The van der Waals surface area contributed by atoms with Crippen LogP contribution in [0.1, 0.15) is 25.8 Å². The van der Waals surface area contributed by atoms with Crippen LogP contribution in [0.3, 0.4) is 0 Å². The number of hydrogen-bond acceptors (Lipinski definition) is 7. The van der Waals surface area contributed by atoms with Crippen molar-refractivity contribution in [2.75, 3.05) is 33.0 Å². The third kappa shape index (κ3) is 4.54. The van der Waals surface area contributed by atoms with Gasteiger partial charge in [-0.3, -0.25) is 14.5 Å². The molecular weight excluding hydrogens is 468 g/mol. The van der Waals surface area contributed by atoms with Gasteiger partial charge in [-0.25, -0.2) is 4.79 Å². The summed E-state index contributed by atoms with van der Waals surface area (Å²) in [6, 6.07) is 7.42. The van der Waals surface area contributed by atoms with Crippen molar-refractivity contribution in [3.8, 4) is 0 Å². The average Bonchev–Trinajstić information content (AvgIpc) is 3.30. The number of carbonyl (C=O) groups is 3. The van der Waals surface area contributed by atoms with Crippen molar-refractivity contribution in [1.29, 1.82) is 0 Å². The number of nitrogens with one attached hydrogen (secondary N) is 1. The molecule has 10 heteroatoms. The number of benzene rings is 1. The summed E-state index contributed by atoms with van der Waals surface area (Å²) in [5, 5.41) is 23.2. The lowest BCUT2D eigenvalue weighted by atomic mass is 9.79. The summed E-state index contributed by atoms with van der Waals surface area (Å²) in [5.41, 5.74) is 2.12. The third-order valence-corrected chi connectivity index (χ3v) is 8.79. The van der Waals surface area contributed by atoms with E-state index < -0.39 is 18.0 Å². The number of rotatable bonds is 8. The van der Waals surface area contributed by atoms with Crippen LogP contribution in [0.15, 0.2) is 34.9 Å². The van der Waals surface area contributed by atoms with E-state index >= 15 is 0 Å². The van der Waals surface area contributed by atoms with Gasteiger partial charge in [0.15, 0.2) is 0 Å². The smallest absolute Gasteiger partial charge is 0.353 e. The number of aliphatic hydroxyl groups excluding tert-OH is 1. The number of likely N-dealkylation sites (N-methyl/N-ethyl adjacent to an activating group) is 1. The largest absolute Gasteiger partial charge is 0.477 e. The first-order chi connectivity index (χ1) is 16.5. The highest BCUT2D eigenvalue weighted by Gasteiger charge is 2.60. The number of thioether (sulfide) groups is 1. The fourth-order valence-corrected chi connectivity index (χ4v) is 7.15. The first-order valence-electron chi connectivity index (χ1n) is 11.9. The van der Waals surface area contributed by atoms with Gasteiger partial charge in [-0.2, -0.15) is 0 Å². The molecule has 2 fully saturated rings. The number of fused-ring (bicyclic) bond motifs is 1. The molecule has 3 aliphatic rings. The Morgan fingerprint density at radius 1 is 1.31 bits per heavy atom. The minimum absolute atomic E-state index is 0.00184. The summed E-state index contributed by atoms with van der Waals surface area (Å²) in [4.78, 5) is 43.6. The van der Waals surface area contributed by atoms with Crippen LogP contribution in [0.2, 0.25) is 0 Å². The minimum atomic E-state index is -1.13. The summed E-state index contributed by atoms with van der Waals surface area (Å²) >= 11 is 1.48. The second-order valence-electron chi connectivity index (χ2n) is 9.88. The topological polar surface area (TPSA) is 113 Å². The van der Waals surface area contributed by atoms with Crippen molar-refractivity contribution >= 4 is 35.2 Å². The molecule has 9 nitrogen and oxygen atoms in total. The number of amides is 2. The van der Waals surface area contributed by atoms with Crippen molar-refractivity contribution in [2.24, 2.45) is 11.8 Å². The van der Waals surface area contributed by atoms with Crippen molar-refractivity contribution < 1.29 is 24.6 Å². The number of aliphatic hydroxyl groups is 1. The molecule has 3 N–H and O–H groups in total. The molecule has 0 aliphatic carbocycles. The molecule has 2 saturated heterocycles. The van der Waals surface area contributed by atoms with E-state index in [9.17, 15) is 24.6 Å². The quantitative estimate of drug-likeness (QED) is 0.460. The molecule has 1 aromatic carbocycles. The Bertz CT molecular complexity index is 1060. The van der Waals surface area contributed by atoms with Crippen molar-refractivity contribution in [3.05, 3.63) is 40.4 Å². The molecule has 190 valence electrons. The normalized spacial score (nSPS) is 29.1. The molecule has 0 spiro atoms. The lowest BCUT2D eigenvalue weighted by Crippen LogP contribution is -2.63. The average molecular weight is 503 g/mol. The maximum Gasteiger partial charge on any atom is 0.353 e. The maximum absolute atomic E-state index is 13.0. The van der Waals surface area contributed by atoms with E-state index in [4.69, 9.17) is 0 Å². The van der Waals surface area contributed by atoms with Gasteiger partial charge in [-0.1, -0.05) is 19.1 Å². The minimum Gasteiger partial charge on any atom is -0.477 e. The monoisotopic (exact) mass is 502 g/mol. The SMILES string of the molecule is CNc1cccc(CN2C[C@@H](SC3=C(C(=O)O)N4C(=O)[C@H]([C@@H](C)O)[C@H]4[C@H]3C)C[C@H]2C(=O)N(C)C)c1. The van der Waals surface area contributed by atoms with Crippen molar-refractivity contribution in [2.45, 2.75) is 50.3 Å². The standard InChI is InChI=1S/C25H34N4O5S/c1-13-20-19(14(2)30)24(32)29(20)21(25(33)34)22(13)35-17-10-18(23(31)27(4)5)28(12-17)11-15-7-6-8-16(9-15)26-3/h6-9,13-14,17-20,26,30H,10-12H2,1-5H3,(H,33,34)/t13-,14-,17+,18+,19-,20-/m1/s1. The van der Waals surface area contributed by atoms with Crippen LogP contribution in [0.5, 0.6) is 0 Å². The summed E-state index contributed by atoms with van der Waals surface area (Å²) in [6.45, 7) is 4.73. The molecule has 6 atom stereocenters. The van der Waals surface area contributed by atoms with Crippen LogP contribution < -0.4 is 5.32 Å². The van der Waals surface area contributed by atoms with Gasteiger partial charge in [-0.05, 0) is 31.0 Å². The van der Waals surface area contributed by atoms with Gasteiger partial charge in [0.05, 0.1) is 24.1 Å². The molecular formula is C25H34N4O5S. The Balaban J connectivity index is 1.57. The molecule has 35 heavy (non-hydrogen) atoms. The number of carboxylic acids is 1. The van der Waals surface area contributed by atoms with Gasteiger partial charge in [0, 0.05) is 56.0 Å². The molecule has 0 aromatic heterocycles. The zero-order valence-electron chi connectivity index (χ0n) is 20.8. The molecule has 3 heterocycles. The summed E-state index contributed by atoms with van der Waals surface area (Å²) in [5.74, 6) is -2.20. The Kier molecular flexibility index (Phi) is 7.17. The van der Waals surface area contributed by atoms with Gasteiger partial charge in [-0.15, -0.1) is 11.8 Å². The van der Waals surface area contributed by atoms with Crippen molar-refractivity contribution in [3.63, 3.8) is 0 Å². The van der Waals surface area contributed by atoms with Crippen LogP contribution >= 0.6 is 11.8 Å². The number of anilines is 1. The van der Waals surface area contributed by atoms with Gasteiger partial charge in [0.2, 0.25) is 11.8 Å². The molecule has 0 bridgehead atoms. The number of carbonyl (C=O) groups excluding carboxylic acids is 2. The van der Waals surface area contributed by atoms with E-state index in [-0.39, 0.29) is 40.8 Å². The van der Waals surface area contributed by atoms with E-state index in [1.165, 1.54) is 16.7 Å². The van der Waals surface area contributed by atoms with Crippen LogP contribution in [0.25, 0.3) is 0 Å². The zero-order valence-corrected chi connectivity index (χ0v) is 21.6. The van der Waals surface area contributed by atoms with Crippen LogP contribution in [0.4, 0.5) is 5.69 Å². The highest BCUT2D eigenvalue weighted by atomic mass is 32.2. The van der Waals surface area contributed by atoms with E-state index in [0.29, 0.717) is 24.4 Å². The molecule has 0 radical (unpaired) electrons. The van der Waals surface area contributed by atoms with Gasteiger partial charge >= 0.3 is 5.97 Å². The Hall–Kier alpha value is -2.56. The van der Waals surface area contributed by atoms with Crippen LogP contribution in [0, 0.1) is 11.8 Å². The number of hydrogen-bond donors (Lipinski definition) is 3. The highest BCUT2D eigenvalue weighted by molar-refractivity contribution is 8.03. The van der Waals surface area contributed by atoms with E-state index in [2.05, 4.69) is 16.3 Å². The molecule has 2 amide bonds. The fraction of sp³-hybridized carbons (Fsp3) is 0.560. The van der Waals surface area contributed by atoms with Crippen LogP contribution in [-0.2, 0) is 20.9 Å². The van der Waals surface area contributed by atoms with Crippen LogP contribution in [-0.4, -0.2) is 93.8 Å². The predicted octanol–water partition coefficient (Wildman–Crippen LogP) is 1.65. The van der Waals surface area contributed by atoms with Crippen molar-refractivity contribution in [1.82, 2.24) is 14.7 Å². The number of β-lactam (4-membered cyclic amide) rings is 1. The van der Waals surface area contributed by atoms with E-state index in [0.717, 1.165) is 11.3 Å². The number of likely N-dealkylation sites (tertiary alicyclic amines) is 1. The lowest BCUT2D eigenvalue weighted by Gasteiger charge is -2.46. The molecule has 4 rings (SSSR count). The van der Waals surface area contributed by atoms with E-state index in [1.807, 2.05) is 32.2 Å². The number of carboxylic acid groups (broad SMARTS) is 1. The number of aliphatic carboxylic acids is 1. The second-order valence-corrected chi connectivity index (χ2v) is 11.2. The molecule has 0 unspecified atom stereocenters. The van der Waals surface area contributed by atoms with Gasteiger partial charge < -0.3 is 25.3 Å². The summed E-state index contributed by atoms with van der Waals surface area (Å²) in [7, 11) is 5.37. The second kappa shape index (κ2) is 9.83. The maximum atomic E-state index is 13.0. The first kappa shape index (κ1) is 25.5. The zero-order chi connectivity index (χ0) is 25.6. The molecule has 0 saturated carbocycles. The highest BCUT2D eigenvalue weighted by Crippen LogP contribution is 2.52. The Morgan fingerprint density at radius 2 is 2.03 bits per heavy atom. The lowest BCUT2D eigenvalue weighted by molar-refractivity contribution is -0.163. The summed E-state index contributed by atoms with van der Waals surface area (Å²) < 4.78 is 0. The Morgan fingerprint density at radius 3 is 2.63 bits per heavy atom. The van der Waals surface area contributed by atoms with Gasteiger partial charge in [0.25, 0.3) is 0 Å². The first-order valence-corrected chi connectivity index (χ1v) is 12.8. The summed E-state index contributed by atoms with van der Waals surface area (Å²) in [6.07, 6.45) is -0.238. The molecule has 3 aliphatic heterocycles. The number of nitrogens with zero attached hydrogens (tertiary/aromatic N) is 3. The third-order valence-electron chi connectivity index (χ3n) is 7.30. The molecule has 1 aromatic rings. The predicted molar refractivity (Wildman–Crippen MR) is 135 cm³/mol. The Labute approximate surface area is 210 Å². The van der Waals surface area contributed by atoms with Gasteiger partial charge in [0.1, 0.15) is 5.70 Å². The fourth-order valence-electron chi connectivity index (χ4n) is 5.59. The van der Waals surface area contributed by atoms with E-state index in [1.54, 1.807) is 25.9 Å².